The van der Waals surface area contributed by atoms with E-state index in [1.54, 1.807) is 87.5 Å². The summed E-state index contributed by atoms with van der Waals surface area (Å²) in [4.78, 5) is 77.6. The number of halogens is 1. The number of benzene rings is 4. The van der Waals surface area contributed by atoms with Gasteiger partial charge in [-0.2, -0.15) is 4.68 Å². The zero-order valence-electron chi connectivity index (χ0n) is 31.0. The highest BCUT2D eigenvalue weighted by atomic mass is 35.5. The maximum Gasteiger partial charge on any atom is 0.419 e. The number of aldehydes is 1. The minimum atomic E-state index is -1.46. The molecule has 0 aliphatic rings. The Balaban J connectivity index is 1.33. The van der Waals surface area contributed by atoms with Crippen LogP contribution in [-0.4, -0.2) is 82.8 Å². The molecule has 4 aromatic carbocycles. The lowest BCUT2D eigenvalue weighted by molar-refractivity contribution is -0.141. The molecule has 1 unspecified atom stereocenters. The van der Waals surface area contributed by atoms with Crippen LogP contribution in [0.15, 0.2) is 103 Å². The second-order valence-corrected chi connectivity index (χ2v) is 13.9. The predicted octanol–water partition coefficient (Wildman–Crippen LogP) is 5.97. The Bertz CT molecular complexity index is 2500. The van der Waals surface area contributed by atoms with Gasteiger partial charge in [0.05, 0.1) is 16.9 Å². The zero-order chi connectivity index (χ0) is 41.6. The molecule has 0 fully saturated rings. The molecule has 0 radical (unpaired) electrons. The average Bonchev–Trinajstić information content (AvgIpc) is 3.85. The Morgan fingerprint density at radius 1 is 0.914 bits per heavy atom. The summed E-state index contributed by atoms with van der Waals surface area (Å²) in [6.07, 6.45) is -0.524. The Kier molecular flexibility index (Phi) is 11.8. The van der Waals surface area contributed by atoms with E-state index in [1.807, 2.05) is 0 Å². The van der Waals surface area contributed by atoms with Gasteiger partial charge in [0.2, 0.25) is 12.2 Å². The average molecular weight is 808 g/mol. The van der Waals surface area contributed by atoms with Crippen LogP contribution >= 0.6 is 11.6 Å². The van der Waals surface area contributed by atoms with Gasteiger partial charge in [0, 0.05) is 28.2 Å². The third kappa shape index (κ3) is 9.61. The Labute approximate surface area is 334 Å². The number of tetrazole rings is 1. The fraction of sp³-hybridized carbons (Fsp3) is 0.154. The Hall–Kier alpha value is -7.60. The lowest BCUT2D eigenvalue weighted by Crippen LogP contribution is -2.52. The highest BCUT2D eigenvalue weighted by Gasteiger charge is 2.32. The van der Waals surface area contributed by atoms with Crippen LogP contribution < -0.4 is 20.8 Å². The van der Waals surface area contributed by atoms with Crippen molar-refractivity contribution < 1.29 is 43.3 Å². The fourth-order valence-electron chi connectivity index (χ4n) is 5.71. The van der Waals surface area contributed by atoms with Crippen molar-refractivity contribution in [3.63, 3.8) is 0 Å². The van der Waals surface area contributed by atoms with Crippen LogP contribution in [0.3, 0.4) is 0 Å². The van der Waals surface area contributed by atoms with Gasteiger partial charge < -0.3 is 19.9 Å². The minimum Gasteiger partial charge on any atom is -0.477 e. The summed E-state index contributed by atoms with van der Waals surface area (Å²) in [6.45, 7) is 4.92. The number of hydrogen-bond donors (Lipinski definition) is 4. The van der Waals surface area contributed by atoms with E-state index in [1.165, 1.54) is 41.3 Å². The number of anilines is 3. The number of carbonyl (C=O) groups is 6. The molecule has 0 spiro atoms. The van der Waals surface area contributed by atoms with Crippen molar-refractivity contribution in [3.8, 4) is 11.4 Å². The molecule has 6 aromatic rings. The molecule has 0 bridgehead atoms. The topological polar surface area (TPSA) is 229 Å². The van der Waals surface area contributed by atoms with Crippen LogP contribution in [0.5, 0.6) is 5.75 Å². The van der Waals surface area contributed by atoms with Gasteiger partial charge in [-0.05, 0) is 103 Å². The van der Waals surface area contributed by atoms with E-state index in [-0.39, 0.29) is 45.7 Å². The smallest absolute Gasteiger partial charge is 0.419 e. The van der Waals surface area contributed by atoms with Gasteiger partial charge in [0.1, 0.15) is 29.4 Å². The maximum absolute atomic E-state index is 14.3. The van der Waals surface area contributed by atoms with Crippen LogP contribution in [0.2, 0.25) is 5.02 Å². The number of carboxylic acids is 1. The molecule has 18 nitrogen and oxygen atoms in total. The van der Waals surface area contributed by atoms with Crippen molar-refractivity contribution in [1.29, 1.82) is 0 Å². The van der Waals surface area contributed by atoms with Crippen LogP contribution in [0.25, 0.3) is 16.6 Å². The standard InChI is InChI=1S/C39H34ClN9O9/c1-39(2,3)58-38(56)48-30-16-14-27(18-24(30)19-33(48)36(53)54)42-35(52)32(17-23-9-12-26(13-10-23)43-37(55)57-28-7-5-4-6-8-28)49(34(51)21-50)44-29-20-25(40)11-15-31(29)47-22-41-45-46-47/h4-16,18-22,32,44H,17H2,1-3H3,(H,42,52)(H,43,55)(H,53,54). The molecule has 296 valence electrons. The third-order valence-corrected chi connectivity index (χ3v) is 8.43. The van der Waals surface area contributed by atoms with Gasteiger partial charge in [0.25, 0.3) is 0 Å². The molecule has 1 atom stereocenters. The number of fused-ring (bicyclic) bond motifs is 1. The SMILES string of the molecule is CC(C)(C)OC(=O)n1c(C(=O)O)cc2cc(NC(=O)C(Cc3ccc(NC(=O)Oc4ccccc4)cc3)N(Nc3cc(Cl)ccc3-n3cnnn3)C(=O)C=O)ccc21. The molecule has 2 aromatic heterocycles. The van der Waals surface area contributed by atoms with Crippen molar-refractivity contribution in [2.75, 3.05) is 16.1 Å². The molecule has 0 saturated carbocycles. The summed E-state index contributed by atoms with van der Waals surface area (Å²) < 4.78 is 12.9. The molecule has 0 aliphatic carbocycles. The van der Waals surface area contributed by atoms with Gasteiger partial charge in [-0.15, -0.1) is 5.10 Å². The van der Waals surface area contributed by atoms with E-state index in [0.29, 0.717) is 22.7 Å². The number of nitrogens with one attached hydrogen (secondary N) is 3. The van der Waals surface area contributed by atoms with Gasteiger partial charge in [-0.1, -0.05) is 41.9 Å². The monoisotopic (exact) mass is 807 g/mol. The van der Waals surface area contributed by atoms with Crippen molar-refractivity contribution in [3.05, 3.63) is 120 Å². The number of nitrogens with zero attached hydrogens (tertiary/aromatic N) is 6. The second-order valence-electron chi connectivity index (χ2n) is 13.5. The largest absolute Gasteiger partial charge is 0.477 e. The Morgan fingerprint density at radius 3 is 2.29 bits per heavy atom. The second kappa shape index (κ2) is 17.0. The maximum atomic E-state index is 14.3. The van der Waals surface area contributed by atoms with E-state index in [2.05, 4.69) is 31.6 Å². The molecule has 2 heterocycles. The van der Waals surface area contributed by atoms with Gasteiger partial charge >= 0.3 is 24.1 Å². The number of hydrogen-bond acceptors (Lipinski definition) is 12. The number of rotatable bonds is 12. The number of amides is 3. The van der Waals surface area contributed by atoms with Crippen LogP contribution in [0.4, 0.5) is 26.7 Å². The summed E-state index contributed by atoms with van der Waals surface area (Å²) in [7, 11) is 0. The first-order valence-corrected chi connectivity index (χ1v) is 17.7. The third-order valence-electron chi connectivity index (χ3n) is 8.20. The van der Waals surface area contributed by atoms with E-state index in [0.717, 1.165) is 9.58 Å². The minimum absolute atomic E-state index is 0.0266. The normalized spacial score (nSPS) is 11.6. The molecule has 6 rings (SSSR count). The molecule has 0 saturated heterocycles. The molecule has 19 heteroatoms. The predicted molar refractivity (Wildman–Crippen MR) is 210 cm³/mol. The first-order valence-electron chi connectivity index (χ1n) is 17.3. The fourth-order valence-corrected chi connectivity index (χ4v) is 5.88. The summed E-state index contributed by atoms with van der Waals surface area (Å²) in [6, 6.07) is 23.4. The van der Waals surface area contributed by atoms with Crippen molar-refractivity contribution >= 4 is 75.8 Å². The number of para-hydroxylation sites is 1. The number of aromatic nitrogens is 5. The van der Waals surface area contributed by atoms with Crippen molar-refractivity contribution in [2.24, 2.45) is 0 Å². The number of carbonyl (C=O) groups excluding carboxylic acids is 5. The highest BCUT2D eigenvalue weighted by molar-refractivity contribution is 6.31. The van der Waals surface area contributed by atoms with Crippen molar-refractivity contribution in [2.45, 2.75) is 38.8 Å². The zero-order valence-corrected chi connectivity index (χ0v) is 31.7. The van der Waals surface area contributed by atoms with Crippen LogP contribution in [0.1, 0.15) is 36.8 Å². The molecule has 4 N–H and O–H groups in total. The Morgan fingerprint density at radius 2 is 1.64 bits per heavy atom. The van der Waals surface area contributed by atoms with Gasteiger partial charge in [0.15, 0.2) is 0 Å². The summed E-state index contributed by atoms with van der Waals surface area (Å²) in [5.74, 6) is -2.98. The number of carboxylic acid groups (broad SMARTS) is 1. The van der Waals surface area contributed by atoms with Gasteiger partial charge in [-0.25, -0.2) is 24.0 Å². The summed E-state index contributed by atoms with van der Waals surface area (Å²) >= 11 is 6.32. The van der Waals surface area contributed by atoms with E-state index < -0.39 is 41.6 Å². The van der Waals surface area contributed by atoms with E-state index >= 15 is 0 Å². The molecule has 3 amide bonds. The first-order chi connectivity index (χ1) is 27.7. The highest BCUT2D eigenvalue weighted by Crippen LogP contribution is 2.28. The van der Waals surface area contributed by atoms with Crippen LogP contribution in [-0.2, 0) is 25.5 Å². The number of ether oxygens (including phenoxy) is 2. The molecular formula is C39H34ClN9O9. The van der Waals surface area contributed by atoms with Gasteiger partial charge in [-0.3, -0.25) is 25.1 Å². The molecule has 58 heavy (non-hydrogen) atoms. The molecule has 0 aliphatic heterocycles. The number of hydrazine groups is 1. The van der Waals surface area contributed by atoms with E-state index in [9.17, 15) is 33.9 Å². The summed E-state index contributed by atoms with van der Waals surface area (Å²) in [5.41, 5.74) is 3.23. The molecular weight excluding hydrogens is 774 g/mol. The van der Waals surface area contributed by atoms with E-state index in [4.69, 9.17) is 21.1 Å². The lowest BCUT2D eigenvalue weighted by Gasteiger charge is -2.31. The number of aromatic carboxylic acids is 1. The van der Waals surface area contributed by atoms with Crippen molar-refractivity contribution in [1.82, 2.24) is 29.8 Å². The van der Waals surface area contributed by atoms with Crippen LogP contribution in [0, 0.1) is 0 Å². The quantitative estimate of drug-likeness (QED) is 0.0636. The lowest BCUT2D eigenvalue weighted by atomic mass is 10.0. The first kappa shape index (κ1) is 40.1. The summed E-state index contributed by atoms with van der Waals surface area (Å²) in [5, 5.41) is 27.8.